The molecule has 0 saturated heterocycles. The molecule has 0 radical (unpaired) electrons. The van der Waals surface area contributed by atoms with E-state index < -0.39 is 0 Å². The number of carbonyl (C=O) groups excluding carboxylic acids is 3. The molecule has 0 spiro atoms. The first-order chi connectivity index (χ1) is 15.1. The van der Waals surface area contributed by atoms with E-state index in [1.807, 2.05) is 6.07 Å². The van der Waals surface area contributed by atoms with Gasteiger partial charge in [0.2, 0.25) is 5.91 Å². The van der Waals surface area contributed by atoms with Gasteiger partial charge in [0.05, 0.1) is 0 Å². The third kappa shape index (κ3) is 7.55. The predicted molar refractivity (Wildman–Crippen MR) is 122 cm³/mol. The van der Waals surface area contributed by atoms with Gasteiger partial charge in [0.1, 0.15) is 0 Å². The smallest absolute Gasteiger partial charge is 0.251 e. The number of amides is 3. The van der Waals surface area contributed by atoms with Crippen LogP contribution in [0.15, 0.2) is 54.6 Å². The molecular formula is C25H31N3O3. The molecule has 31 heavy (non-hydrogen) atoms. The number of carbonyl (C=O) groups is 3. The maximum absolute atomic E-state index is 12.3. The Bertz CT molecular complexity index is 859. The Morgan fingerprint density at radius 2 is 1.32 bits per heavy atom. The lowest BCUT2D eigenvalue weighted by molar-refractivity contribution is -0.116. The Balaban J connectivity index is 1.35. The first-order valence-corrected chi connectivity index (χ1v) is 11.1. The summed E-state index contributed by atoms with van der Waals surface area (Å²) in [5.41, 5.74) is 1.79. The van der Waals surface area contributed by atoms with Crippen LogP contribution >= 0.6 is 0 Å². The minimum atomic E-state index is -0.218. The molecule has 3 N–H and O–H groups in total. The largest absolute Gasteiger partial charge is 0.350 e. The summed E-state index contributed by atoms with van der Waals surface area (Å²) in [5.74, 6) is 0.322. The van der Waals surface area contributed by atoms with Crippen molar-refractivity contribution >= 4 is 23.4 Å². The Hall–Kier alpha value is -3.15. The van der Waals surface area contributed by atoms with E-state index in [1.54, 1.807) is 48.5 Å². The van der Waals surface area contributed by atoms with Crippen LogP contribution in [0.25, 0.3) is 0 Å². The zero-order valence-corrected chi connectivity index (χ0v) is 17.9. The summed E-state index contributed by atoms with van der Waals surface area (Å²) in [6.07, 6.45) is 7.88. The van der Waals surface area contributed by atoms with Gasteiger partial charge in [-0.2, -0.15) is 0 Å². The summed E-state index contributed by atoms with van der Waals surface area (Å²) < 4.78 is 0. The second-order valence-corrected chi connectivity index (χ2v) is 8.05. The van der Waals surface area contributed by atoms with Crippen molar-refractivity contribution in [1.82, 2.24) is 10.6 Å². The zero-order valence-electron chi connectivity index (χ0n) is 17.9. The number of hydrogen-bond acceptors (Lipinski definition) is 3. The van der Waals surface area contributed by atoms with Crippen molar-refractivity contribution in [1.29, 1.82) is 0 Å². The van der Waals surface area contributed by atoms with Gasteiger partial charge in [-0.05, 0) is 48.7 Å². The van der Waals surface area contributed by atoms with E-state index in [0.29, 0.717) is 42.2 Å². The first kappa shape index (κ1) is 22.5. The second kappa shape index (κ2) is 11.9. The highest BCUT2D eigenvalue weighted by Gasteiger charge is 2.15. The average Bonchev–Trinajstić information content (AvgIpc) is 2.82. The van der Waals surface area contributed by atoms with E-state index in [1.165, 1.54) is 32.1 Å². The summed E-state index contributed by atoms with van der Waals surface area (Å²) >= 11 is 0. The van der Waals surface area contributed by atoms with E-state index in [-0.39, 0.29) is 17.7 Å². The fourth-order valence-corrected chi connectivity index (χ4v) is 3.89. The van der Waals surface area contributed by atoms with Crippen LogP contribution in [0.2, 0.25) is 0 Å². The van der Waals surface area contributed by atoms with E-state index in [9.17, 15) is 14.4 Å². The standard InChI is InChI=1S/C25H31N3O3/c29-23(16-11-19-7-3-1-4-8-19)28-22-14-12-21(13-15-22)25(31)27-18-17-26-24(30)20-9-5-2-6-10-20/h2,5-6,9-10,12-15,19H,1,3-4,7-8,11,16-18H2,(H,26,30)(H,27,31)(H,28,29). The summed E-state index contributed by atoms with van der Waals surface area (Å²) in [5, 5.41) is 8.46. The van der Waals surface area contributed by atoms with Crippen molar-refractivity contribution < 1.29 is 14.4 Å². The molecule has 6 heteroatoms. The third-order valence-electron chi connectivity index (χ3n) is 5.67. The quantitative estimate of drug-likeness (QED) is 0.532. The molecule has 1 saturated carbocycles. The van der Waals surface area contributed by atoms with Gasteiger partial charge in [-0.3, -0.25) is 14.4 Å². The highest BCUT2D eigenvalue weighted by atomic mass is 16.2. The van der Waals surface area contributed by atoms with Crippen molar-refractivity contribution in [2.24, 2.45) is 5.92 Å². The van der Waals surface area contributed by atoms with Crippen LogP contribution in [-0.4, -0.2) is 30.8 Å². The molecule has 164 valence electrons. The zero-order chi connectivity index (χ0) is 21.9. The summed E-state index contributed by atoms with van der Waals surface area (Å²) in [7, 11) is 0. The van der Waals surface area contributed by atoms with E-state index in [0.717, 1.165) is 6.42 Å². The molecule has 0 unspecified atom stereocenters. The summed E-state index contributed by atoms with van der Waals surface area (Å²) in [4.78, 5) is 36.4. The minimum Gasteiger partial charge on any atom is -0.350 e. The van der Waals surface area contributed by atoms with Gasteiger partial charge in [-0.1, -0.05) is 50.3 Å². The van der Waals surface area contributed by atoms with Gasteiger partial charge >= 0.3 is 0 Å². The van der Waals surface area contributed by atoms with Gasteiger partial charge in [0.15, 0.2) is 0 Å². The predicted octanol–water partition coefficient (Wildman–Crippen LogP) is 4.15. The van der Waals surface area contributed by atoms with Crippen molar-refractivity contribution in [3.05, 3.63) is 65.7 Å². The lowest BCUT2D eigenvalue weighted by atomic mass is 9.86. The number of nitrogens with one attached hydrogen (secondary N) is 3. The number of benzene rings is 2. The van der Waals surface area contributed by atoms with Crippen molar-refractivity contribution in [2.45, 2.75) is 44.9 Å². The molecule has 0 atom stereocenters. The van der Waals surface area contributed by atoms with Crippen molar-refractivity contribution in [3.63, 3.8) is 0 Å². The van der Waals surface area contributed by atoms with Crippen LogP contribution in [0.3, 0.4) is 0 Å². The van der Waals surface area contributed by atoms with Gasteiger partial charge < -0.3 is 16.0 Å². The normalized spacial score (nSPS) is 13.9. The van der Waals surface area contributed by atoms with Crippen LogP contribution in [0.5, 0.6) is 0 Å². The molecule has 0 bridgehead atoms. The third-order valence-corrected chi connectivity index (χ3v) is 5.67. The summed E-state index contributed by atoms with van der Waals surface area (Å²) in [6, 6.07) is 15.8. The molecular weight excluding hydrogens is 390 g/mol. The molecule has 6 nitrogen and oxygen atoms in total. The maximum atomic E-state index is 12.3. The molecule has 2 aromatic rings. The molecule has 0 aromatic heterocycles. The van der Waals surface area contributed by atoms with Gasteiger partial charge in [-0.15, -0.1) is 0 Å². The Kier molecular flexibility index (Phi) is 8.64. The molecule has 0 aliphatic heterocycles. The van der Waals surface area contributed by atoms with Crippen LogP contribution in [0.4, 0.5) is 5.69 Å². The second-order valence-electron chi connectivity index (χ2n) is 8.05. The molecule has 1 aliphatic carbocycles. The fraction of sp³-hybridized carbons (Fsp3) is 0.400. The molecule has 3 amide bonds. The number of rotatable bonds is 9. The fourth-order valence-electron chi connectivity index (χ4n) is 3.89. The van der Waals surface area contributed by atoms with E-state index in [2.05, 4.69) is 16.0 Å². The van der Waals surface area contributed by atoms with Crippen LogP contribution in [0.1, 0.15) is 65.7 Å². The monoisotopic (exact) mass is 421 g/mol. The van der Waals surface area contributed by atoms with E-state index >= 15 is 0 Å². The lowest BCUT2D eigenvalue weighted by Gasteiger charge is -2.21. The van der Waals surface area contributed by atoms with Crippen LogP contribution in [-0.2, 0) is 4.79 Å². The highest BCUT2D eigenvalue weighted by Crippen LogP contribution is 2.27. The number of anilines is 1. The topological polar surface area (TPSA) is 87.3 Å². The molecule has 1 aliphatic rings. The first-order valence-electron chi connectivity index (χ1n) is 11.1. The Morgan fingerprint density at radius 3 is 1.94 bits per heavy atom. The van der Waals surface area contributed by atoms with Gasteiger partial charge in [-0.25, -0.2) is 0 Å². The average molecular weight is 422 g/mol. The minimum absolute atomic E-state index is 0.0249. The molecule has 0 heterocycles. The number of hydrogen-bond donors (Lipinski definition) is 3. The van der Waals surface area contributed by atoms with Crippen LogP contribution in [0, 0.1) is 5.92 Å². The lowest BCUT2D eigenvalue weighted by Crippen LogP contribution is -2.34. The van der Waals surface area contributed by atoms with Crippen molar-refractivity contribution in [3.8, 4) is 0 Å². The van der Waals surface area contributed by atoms with E-state index in [4.69, 9.17) is 0 Å². The molecule has 3 rings (SSSR count). The Labute approximate surface area is 183 Å². The van der Waals surface area contributed by atoms with Gasteiger partial charge in [0, 0.05) is 36.3 Å². The van der Waals surface area contributed by atoms with Crippen molar-refractivity contribution in [2.75, 3.05) is 18.4 Å². The highest BCUT2D eigenvalue weighted by molar-refractivity contribution is 5.96. The SMILES string of the molecule is O=C(CCC1CCCCC1)Nc1ccc(C(=O)NCCNC(=O)c2ccccc2)cc1. The van der Waals surface area contributed by atoms with Crippen LogP contribution < -0.4 is 16.0 Å². The van der Waals surface area contributed by atoms with Gasteiger partial charge in [0.25, 0.3) is 11.8 Å². The Morgan fingerprint density at radius 1 is 0.742 bits per heavy atom. The summed E-state index contributed by atoms with van der Waals surface area (Å²) in [6.45, 7) is 0.672. The molecule has 1 fully saturated rings. The molecule has 2 aromatic carbocycles. The maximum Gasteiger partial charge on any atom is 0.251 e.